The largest absolute Gasteiger partial charge is 0.385 e. The molecule has 1 aromatic heterocycles. The lowest BCUT2D eigenvalue weighted by atomic mass is 10.1. The SMILES string of the molecule is COCCCC(N)C(=O)NCc1ccsc1. The molecule has 0 aliphatic carbocycles. The van der Waals surface area contributed by atoms with E-state index in [0.29, 0.717) is 19.6 Å². The maximum atomic E-state index is 11.6. The van der Waals surface area contributed by atoms with Gasteiger partial charge in [-0.3, -0.25) is 4.79 Å². The minimum atomic E-state index is -0.436. The fourth-order valence-corrected chi connectivity index (χ4v) is 1.96. The first-order chi connectivity index (χ1) is 7.74. The average Bonchev–Trinajstić information content (AvgIpc) is 2.79. The molecular weight excluding hydrogens is 224 g/mol. The Balaban J connectivity index is 2.18. The molecule has 5 heteroatoms. The lowest BCUT2D eigenvalue weighted by Gasteiger charge is -2.11. The van der Waals surface area contributed by atoms with Crippen molar-refractivity contribution in [1.29, 1.82) is 0 Å². The fourth-order valence-electron chi connectivity index (χ4n) is 1.29. The van der Waals surface area contributed by atoms with Gasteiger partial charge in [0.1, 0.15) is 0 Å². The van der Waals surface area contributed by atoms with Crippen LogP contribution in [0, 0.1) is 0 Å². The predicted molar refractivity (Wildman–Crippen MR) is 65.3 cm³/mol. The van der Waals surface area contributed by atoms with Crippen LogP contribution in [0.4, 0.5) is 0 Å². The van der Waals surface area contributed by atoms with Gasteiger partial charge < -0.3 is 15.8 Å². The highest BCUT2D eigenvalue weighted by molar-refractivity contribution is 7.07. The van der Waals surface area contributed by atoms with Crippen molar-refractivity contribution in [3.63, 3.8) is 0 Å². The minimum absolute atomic E-state index is 0.0951. The monoisotopic (exact) mass is 242 g/mol. The molecule has 16 heavy (non-hydrogen) atoms. The third-order valence-electron chi connectivity index (χ3n) is 2.25. The highest BCUT2D eigenvalue weighted by Gasteiger charge is 2.12. The Kier molecular flexibility index (Phi) is 6.07. The van der Waals surface area contributed by atoms with Crippen LogP contribution in [0.25, 0.3) is 0 Å². The summed E-state index contributed by atoms with van der Waals surface area (Å²) in [4.78, 5) is 11.6. The summed E-state index contributed by atoms with van der Waals surface area (Å²) in [5.74, 6) is -0.0951. The maximum Gasteiger partial charge on any atom is 0.237 e. The number of nitrogens with two attached hydrogens (primary N) is 1. The van der Waals surface area contributed by atoms with Gasteiger partial charge in [0.25, 0.3) is 0 Å². The Morgan fingerprint density at radius 1 is 1.69 bits per heavy atom. The van der Waals surface area contributed by atoms with Gasteiger partial charge in [-0.05, 0) is 35.2 Å². The zero-order valence-corrected chi connectivity index (χ0v) is 10.3. The Labute approximate surface area is 99.8 Å². The third-order valence-corrected chi connectivity index (χ3v) is 2.98. The van der Waals surface area contributed by atoms with Crippen LogP contribution in [0.3, 0.4) is 0 Å². The second kappa shape index (κ2) is 7.38. The van der Waals surface area contributed by atoms with Crippen LogP contribution in [0.5, 0.6) is 0 Å². The average molecular weight is 242 g/mol. The first-order valence-electron chi connectivity index (χ1n) is 5.27. The van der Waals surface area contributed by atoms with Crippen molar-refractivity contribution >= 4 is 17.2 Å². The van der Waals surface area contributed by atoms with Crippen LogP contribution in [0.2, 0.25) is 0 Å². The zero-order chi connectivity index (χ0) is 11.8. The molecule has 0 saturated heterocycles. The van der Waals surface area contributed by atoms with Gasteiger partial charge in [-0.1, -0.05) is 0 Å². The number of nitrogens with one attached hydrogen (secondary N) is 1. The van der Waals surface area contributed by atoms with Crippen LogP contribution in [0.15, 0.2) is 16.8 Å². The van der Waals surface area contributed by atoms with Crippen LogP contribution < -0.4 is 11.1 Å². The number of rotatable bonds is 7. The molecule has 0 aromatic carbocycles. The van der Waals surface area contributed by atoms with Crippen molar-refractivity contribution in [1.82, 2.24) is 5.32 Å². The third kappa shape index (κ3) is 4.74. The lowest BCUT2D eigenvalue weighted by Crippen LogP contribution is -2.40. The van der Waals surface area contributed by atoms with E-state index in [4.69, 9.17) is 10.5 Å². The number of amides is 1. The normalized spacial score (nSPS) is 12.4. The highest BCUT2D eigenvalue weighted by atomic mass is 32.1. The molecule has 1 heterocycles. The minimum Gasteiger partial charge on any atom is -0.385 e. The molecule has 0 radical (unpaired) electrons. The van der Waals surface area contributed by atoms with Gasteiger partial charge in [0.2, 0.25) is 5.91 Å². The van der Waals surface area contributed by atoms with Gasteiger partial charge in [-0.15, -0.1) is 0 Å². The van der Waals surface area contributed by atoms with Crippen LogP contribution >= 0.6 is 11.3 Å². The van der Waals surface area contributed by atoms with Gasteiger partial charge in [-0.25, -0.2) is 0 Å². The number of ether oxygens (including phenoxy) is 1. The van der Waals surface area contributed by atoms with Crippen LogP contribution in [-0.4, -0.2) is 25.7 Å². The van der Waals surface area contributed by atoms with Crippen molar-refractivity contribution in [2.45, 2.75) is 25.4 Å². The summed E-state index contributed by atoms with van der Waals surface area (Å²) in [5, 5.41) is 6.81. The smallest absolute Gasteiger partial charge is 0.237 e. The molecule has 1 amide bonds. The summed E-state index contributed by atoms with van der Waals surface area (Å²) in [7, 11) is 1.64. The van der Waals surface area contributed by atoms with E-state index < -0.39 is 6.04 Å². The molecule has 1 atom stereocenters. The number of hydrogen-bond acceptors (Lipinski definition) is 4. The summed E-state index contributed by atoms with van der Waals surface area (Å²) in [5.41, 5.74) is 6.85. The quantitative estimate of drug-likeness (QED) is 0.704. The highest BCUT2D eigenvalue weighted by Crippen LogP contribution is 2.05. The first-order valence-corrected chi connectivity index (χ1v) is 6.21. The topological polar surface area (TPSA) is 64.3 Å². The molecule has 4 nitrogen and oxygen atoms in total. The van der Waals surface area contributed by atoms with E-state index in [0.717, 1.165) is 12.0 Å². The molecule has 0 spiro atoms. The van der Waals surface area contributed by atoms with E-state index >= 15 is 0 Å². The van der Waals surface area contributed by atoms with Gasteiger partial charge in [0.15, 0.2) is 0 Å². The summed E-state index contributed by atoms with van der Waals surface area (Å²) in [6, 6.07) is 1.55. The van der Waals surface area contributed by atoms with E-state index in [1.165, 1.54) is 0 Å². The second-order valence-corrected chi connectivity index (χ2v) is 4.37. The van der Waals surface area contributed by atoms with E-state index in [9.17, 15) is 4.79 Å². The maximum absolute atomic E-state index is 11.6. The van der Waals surface area contributed by atoms with Gasteiger partial charge in [0.05, 0.1) is 6.04 Å². The van der Waals surface area contributed by atoms with Gasteiger partial charge in [-0.2, -0.15) is 11.3 Å². The number of thiophene rings is 1. The standard InChI is InChI=1S/C11H18N2O2S/c1-15-5-2-3-10(12)11(14)13-7-9-4-6-16-8-9/h4,6,8,10H,2-3,5,7,12H2,1H3,(H,13,14). The summed E-state index contributed by atoms with van der Waals surface area (Å²) in [6.45, 7) is 1.20. The Morgan fingerprint density at radius 3 is 3.12 bits per heavy atom. The fraction of sp³-hybridized carbons (Fsp3) is 0.545. The second-order valence-electron chi connectivity index (χ2n) is 3.59. The molecule has 1 aromatic rings. The summed E-state index contributed by atoms with van der Waals surface area (Å²) >= 11 is 1.62. The van der Waals surface area contributed by atoms with Gasteiger partial charge in [0, 0.05) is 20.3 Å². The van der Waals surface area contributed by atoms with Crippen molar-refractivity contribution in [2.24, 2.45) is 5.73 Å². The molecule has 0 aliphatic heterocycles. The molecule has 0 aliphatic rings. The van der Waals surface area contributed by atoms with E-state index in [-0.39, 0.29) is 5.91 Å². The molecule has 1 unspecified atom stereocenters. The van der Waals surface area contributed by atoms with E-state index in [1.54, 1.807) is 18.4 Å². The van der Waals surface area contributed by atoms with Crippen LogP contribution in [-0.2, 0) is 16.1 Å². The first kappa shape index (κ1) is 13.2. The molecule has 3 N–H and O–H groups in total. The number of carbonyl (C=O) groups excluding carboxylic acids is 1. The number of carbonyl (C=O) groups is 1. The molecule has 90 valence electrons. The molecule has 1 rings (SSSR count). The van der Waals surface area contributed by atoms with Crippen molar-refractivity contribution in [2.75, 3.05) is 13.7 Å². The van der Waals surface area contributed by atoms with Crippen LogP contribution in [0.1, 0.15) is 18.4 Å². The Morgan fingerprint density at radius 2 is 2.50 bits per heavy atom. The van der Waals surface area contributed by atoms with Crippen molar-refractivity contribution < 1.29 is 9.53 Å². The van der Waals surface area contributed by atoms with Crippen molar-refractivity contribution in [3.8, 4) is 0 Å². The van der Waals surface area contributed by atoms with Gasteiger partial charge >= 0.3 is 0 Å². The molecule has 0 fully saturated rings. The van der Waals surface area contributed by atoms with Crippen molar-refractivity contribution in [3.05, 3.63) is 22.4 Å². The molecule has 0 bridgehead atoms. The lowest BCUT2D eigenvalue weighted by molar-refractivity contribution is -0.122. The molecular formula is C11H18N2O2S. The molecule has 0 saturated carbocycles. The number of hydrogen-bond donors (Lipinski definition) is 2. The summed E-state index contributed by atoms with van der Waals surface area (Å²) in [6.07, 6.45) is 1.47. The summed E-state index contributed by atoms with van der Waals surface area (Å²) < 4.78 is 4.90. The Hall–Kier alpha value is -0.910. The van der Waals surface area contributed by atoms with E-state index in [2.05, 4.69) is 5.32 Å². The Bertz CT molecular complexity index is 301. The van der Waals surface area contributed by atoms with E-state index in [1.807, 2.05) is 16.8 Å². The number of methoxy groups -OCH3 is 1. The zero-order valence-electron chi connectivity index (χ0n) is 9.44. The predicted octanol–water partition coefficient (Wildman–Crippen LogP) is 1.12.